The molecule has 2 unspecified atom stereocenters. The third-order valence-electron chi connectivity index (χ3n) is 5.45. The Morgan fingerprint density at radius 3 is 2.29 bits per heavy atom. The van der Waals surface area contributed by atoms with Crippen molar-refractivity contribution in [3.05, 3.63) is 0 Å². The van der Waals surface area contributed by atoms with E-state index in [-0.39, 0.29) is 6.54 Å². The highest BCUT2D eigenvalue weighted by molar-refractivity contribution is 5.69. The van der Waals surface area contributed by atoms with E-state index in [1.165, 1.54) is 32.1 Å². The zero-order chi connectivity index (χ0) is 15.5. The first-order valence-corrected chi connectivity index (χ1v) is 8.54. The van der Waals surface area contributed by atoms with Gasteiger partial charge in [0.15, 0.2) is 0 Å². The minimum Gasteiger partial charge on any atom is -0.480 e. The Hall–Kier alpha value is -0.610. The molecule has 1 aliphatic carbocycles. The molecule has 1 aliphatic heterocycles. The van der Waals surface area contributed by atoms with Crippen LogP contribution in [0.4, 0.5) is 0 Å². The molecule has 2 rings (SSSR count). The van der Waals surface area contributed by atoms with Crippen LogP contribution < -0.4 is 0 Å². The molecular weight excluding hydrogens is 264 g/mol. The maximum Gasteiger partial charge on any atom is 0.317 e. The van der Waals surface area contributed by atoms with E-state index in [4.69, 9.17) is 5.11 Å². The van der Waals surface area contributed by atoms with Gasteiger partial charge in [0.25, 0.3) is 0 Å². The van der Waals surface area contributed by atoms with E-state index in [0.29, 0.717) is 5.41 Å². The SMILES string of the molecule is CC(C)(C)C1CCCC(N2CCN(CC(=O)O)CC2)CC1. The van der Waals surface area contributed by atoms with Crippen molar-refractivity contribution >= 4 is 5.97 Å². The van der Waals surface area contributed by atoms with Crippen LogP contribution in [-0.2, 0) is 4.79 Å². The molecule has 0 aromatic carbocycles. The molecule has 2 fully saturated rings. The second-order valence-corrected chi connectivity index (χ2v) is 7.93. The number of carboxylic acids is 1. The average molecular weight is 296 g/mol. The first-order chi connectivity index (χ1) is 9.86. The molecule has 1 saturated heterocycles. The van der Waals surface area contributed by atoms with Gasteiger partial charge in [0, 0.05) is 32.2 Å². The van der Waals surface area contributed by atoms with E-state index in [1.54, 1.807) is 0 Å². The lowest BCUT2D eigenvalue weighted by Crippen LogP contribution is -2.51. The Labute approximate surface area is 129 Å². The zero-order valence-corrected chi connectivity index (χ0v) is 14.0. The molecule has 122 valence electrons. The first kappa shape index (κ1) is 16.8. The van der Waals surface area contributed by atoms with Gasteiger partial charge in [0.2, 0.25) is 0 Å². The number of hydrogen-bond donors (Lipinski definition) is 1. The minimum absolute atomic E-state index is 0.199. The fourth-order valence-electron chi connectivity index (χ4n) is 3.99. The lowest BCUT2D eigenvalue weighted by molar-refractivity contribution is -0.138. The molecule has 0 amide bonds. The number of aliphatic carboxylic acids is 1. The van der Waals surface area contributed by atoms with Gasteiger partial charge in [-0.15, -0.1) is 0 Å². The summed E-state index contributed by atoms with van der Waals surface area (Å²) in [6.45, 7) is 11.2. The Kier molecular flexibility index (Phi) is 5.67. The van der Waals surface area contributed by atoms with Crippen molar-refractivity contribution in [3.8, 4) is 0 Å². The average Bonchev–Trinajstić information content (AvgIpc) is 2.64. The van der Waals surface area contributed by atoms with Crippen LogP contribution in [0.5, 0.6) is 0 Å². The number of hydrogen-bond acceptors (Lipinski definition) is 3. The molecule has 0 aromatic heterocycles. The van der Waals surface area contributed by atoms with E-state index in [2.05, 4.69) is 30.6 Å². The molecule has 21 heavy (non-hydrogen) atoms. The molecule has 0 spiro atoms. The highest BCUT2D eigenvalue weighted by Gasteiger charge is 2.31. The molecule has 2 aliphatic rings. The van der Waals surface area contributed by atoms with Crippen molar-refractivity contribution in [1.29, 1.82) is 0 Å². The second-order valence-electron chi connectivity index (χ2n) is 7.93. The number of nitrogens with zero attached hydrogens (tertiary/aromatic N) is 2. The second kappa shape index (κ2) is 7.10. The zero-order valence-electron chi connectivity index (χ0n) is 14.0. The molecule has 4 heteroatoms. The van der Waals surface area contributed by atoms with Crippen LogP contribution >= 0.6 is 0 Å². The predicted octanol–water partition coefficient (Wildman–Crippen LogP) is 2.68. The summed E-state index contributed by atoms with van der Waals surface area (Å²) in [6, 6.07) is 0.726. The molecule has 0 aromatic rings. The van der Waals surface area contributed by atoms with Gasteiger partial charge >= 0.3 is 5.97 Å². The highest BCUT2D eigenvalue weighted by Crippen LogP contribution is 2.37. The predicted molar refractivity (Wildman–Crippen MR) is 85.5 cm³/mol. The first-order valence-electron chi connectivity index (χ1n) is 8.54. The summed E-state index contributed by atoms with van der Waals surface area (Å²) in [4.78, 5) is 15.4. The Balaban J connectivity index is 1.80. The summed E-state index contributed by atoms with van der Waals surface area (Å²) in [6.07, 6.45) is 6.72. The number of piperazine rings is 1. The molecule has 0 radical (unpaired) electrons. The van der Waals surface area contributed by atoms with Crippen LogP contribution in [0.3, 0.4) is 0 Å². The van der Waals surface area contributed by atoms with Gasteiger partial charge in [-0.1, -0.05) is 27.2 Å². The van der Waals surface area contributed by atoms with Crippen molar-refractivity contribution < 1.29 is 9.90 Å². The van der Waals surface area contributed by atoms with Crippen molar-refractivity contribution in [2.24, 2.45) is 11.3 Å². The molecule has 1 saturated carbocycles. The summed E-state index contributed by atoms with van der Waals surface area (Å²) >= 11 is 0. The van der Waals surface area contributed by atoms with Gasteiger partial charge in [0.1, 0.15) is 0 Å². The van der Waals surface area contributed by atoms with Gasteiger partial charge in [-0.05, 0) is 37.0 Å². The van der Waals surface area contributed by atoms with Crippen LogP contribution in [0, 0.1) is 11.3 Å². The normalized spacial score (nSPS) is 30.0. The Morgan fingerprint density at radius 2 is 1.71 bits per heavy atom. The Bertz CT molecular complexity index is 343. The summed E-state index contributed by atoms with van der Waals surface area (Å²) in [7, 11) is 0. The minimum atomic E-state index is -0.703. The fraction of sp³-hybridized carbons (Fsp3) is 0.941. The monoisotopic (exact) mass is 296 g/mol. The van der Waals surface area contributed by atoms with Crippen LogP contribution in [0.1, 0.15) is 52.9 Å². The van der Waals surface area contributed by atoms with Gasteiger partial charge in [-0.3, -0.25) is 14.6 Å². The molecule has 0 bridgehead atoms. The van der Waals surface area contributed by atoms with Gasteiger partial charge in [0.05, 0.1) is 6.54 Å². The molecule has 1 N–H and O–H groups in total. The summed E-state index contributed by atoms with van der Waals surface area (Å²) < 4.78 is 0. The van der Waals surface area contributed by atoms with E-state index in [0.717, 1.165) is 38.1 Å². The summed E-state index contributed by atoms with van der Waals surface area (Å²) in [5.41, 5.74) is 0.440. The van der Waals surface area contributed by atoms with Crippen molar-refractivity contribution in [2.75, 3.05) is 32.7 Å². The lowest BCUT2D eigenvalue weighted by Gasteiger charge is -2.38. The smallest absolute Gasteiger partial charge is 0.317 e. The van der Waals surface area contributed by atoms with Crippen molar-refractivity contribution in [1.82, 2.24) is 9.80 Å². The van der Waals surface area contributed by atoms with Crippen LogP contribution in [0.25, 0.3) is 0 Å². The maximum atomic E-state index is 10.8. The summed E-state index contributed by atoms with van der Waals surface area (Å²) in [5, 5.41) is 8.87. The van der Waals surface area contributed by atoms with E-state index >= 15 is 0 Å². The lowest BCUT2D eigenvalue weighted by atomic mass is 9.76. The topological polar surface area (TPSA) is 43.8 Å². The number of rotatable bonds is 3. The van der Waals surface area contributed by atoms with Crippen LogP contribution in [0.2, 0.25) is 0 Å². The third kappa shape index (κ3) is 4.96. The third-order valence-corrected chi connectivity index (χ3v) is 5.45. The largest absolute Gasteiger partial charge is 0.480 e. The molecule has 2 atom stereocenters. The highest BCUT2D eigenvalue weighted by atomic mass is 16.4. The quantitative estimate of drug-likeness (QED) is 0.813. The maximum absolute atomic E-state index is 10.8. The van der Waals surface area contributed by atoms with Crippen molar-refractivity contribution in [2.45, 2.75) is 58.9 Å². The van der Waals surface area contributed by atoms with E-state index in [1.807, 2.05) is 0 Å². The van der Waals surface area contributed by atoms with Gasteiger partial charge < -0.3 is 5.11 Å². The Morgan fingerprint density at radius 1 is 1.05 bits per heavy atom. The molecule has 1 heterocycles. The number of carbonyl (C=O) groups is 1. The fourth-order valence-corrected chi connectivity index (χ4v) is 3.99. The summed E-state index contributed by atoms with van der Waals surface area (Å²) in [5.74, 6) is 0.154. The standard InChI is InChI=1S/C17H32N2O2/c1-17(2,3)14-5-4-6-15(8-7-14)19-11-9-18(10-12-19)13-16(20)21/h14-15H,4-13H2,1-3H3,(H,20,21). The van der Waals surface area contributed by atoms with Gasteiger partial charge in [-0.25, -0.2) is 0 Å². The molecule has 4 nitrogen and oxygen atoms in total. The van der Waals surface area contributed by atoms with Gasteiger partial charge in [-0.2, -0.15) is 0 Å². The van der Waals surface area contributed by atoms with Crippen LogP contribution in [0.15, 0.2) is 0 Å². The van der Waals surface area contributed by atoms with Crippen LogP contribution in [-0.4, -0.2) is 59.6 Å². The van der Waals surface area contributed by atoms with E-state index in [9.17, 15) is 4.79 Å². The van der Waals surface area contributed by atoms with E-state index < -0.39 is 5.97 Å². The number of carboxylic acid groups (broad SMARTS) is 1. The molecular formula is C17H32N2O2. The van der Waals surface area contributed by atoms with Crippen molar-refractivity contribution in [3.63, 3.8) is 0 Å².